The van der Waals surface area contributed by atoms with Crippen molar-refractivity contribution in [3.63, 3.8) is 0 Å². The molecule has 310 valence electrons. The molecular formula is C42H72NO10P. The highest BCUT2D eigenvalue weighted by Gasteiger charge is 2.28. The Kier molecular flexibility index (Phi) is 35.2. The first-order valence-electron chi connectivity index (χ1n) is 20.3. The van der Waals surface area contributed by atoms with E-state index in [9.17, 15) is 23.8 Å². The molecule has 0 aliphatic carbocycles. The minimum atomic E-state index is -4.72. The molecule has 0 saturated heterocycles. The molecule has 0 amide bonds. The minimum Gasteiger partial charge on any atom is -0.480 e. The van der Waals surface area contributed by atoms with Crippen LogP contribution in [0.3, 0.4) is 0 Å². The molecule has 0 fully saturated rings. The molecule has 0 rings (SSSR count). The number of hydrogen-bond donors (Lipinski definition) is 3. The van der Waals surface area contributed by atoms with E-state index in [4.69, 9.17) is 24.8 Å². The number of phosphoric ester groups is 1. The second kappa shape index (κ2) is 37.1. The Morgan fingerprint density at radius 2 is 1.09 bits per heavy atom. The zero-order chi connectivity index (χ0) is 40.0. The summed E-state index contributed by atoms with van der Waals surface area (Å²) in [6, 6.07) is -1.53. The summed E-state index contributed by atoms with van der Waals surface area (Å²) in [7, 11) is -4.72. The van der Waals surface area contributed by atoms with Crippen LogP contribution in [0.5, 0.6) is 0 Å². The first-order chi connectivity index (χ1) is 26.1. The van der Waals surface area contributed by atoms with Crippen LogP contribution in [0.25, 0.3) is 0 Å². The number of carbonyl (C=O) groups is 3. The highest BCUT2D eigenvalue weighted by atomic mass is 31.2. The summed E-state index contributed by atoms with van der Waals surface area (Å²) < 4.78 is 32.6. The lowest BCUT2D eigenvalue weighted by atomic mass is 10.1. The van der Waals surface area contributed by atoms with Crippen LogP contribution in [0, 0.1) is 0 Å². The van der Waals surface area contributed by atoms with E-state index < -0.39 is 51.1 Å². The highest BCUT2D eigenvalue weighted by Crippen LogP contribution is 2.43. The van der Waals surface area contributed by atoms with Crippen molar-refractivity contribution in [1.82, 2.24) is 0 Å². The molecule has 0 heterocycles. The van der Waals surface area contributed by atoms with Crippen LogP contribution in [0.15, 0.2) is 60.8 Å². The van der Waals surface area contributed by atoms with Gasteiger partial charge in [0.1, 0.15) is 12.6 Å². The molecule has 4 N–H and O–H groups in total. The smallest absolute Gasteiger partial charge is 0.472 e. The van der Waals surface area contributed by atoms with E-state index in [1.165, 1.54) is 25.7 Å². The van der Waals surface area contributed by atoms with Crippen LogP contribution in [-0.4, -0.2) is 59.9 Å². The number of hydrogen-bond acceptors (Lipinski definition) is 9. The van der Waals surface area contributed by atoms with Gasteiger partial charge in [-0.3, -0.25) is 23.4 Å². The van der Waals surface area contributed by atoms with E-state index in [1.54, 1.807) is 0 Å². The molecule has 0 aromatic heterocycles. The Balaban J connectivity index is 4.47. The number of ether oxygens (including phenoxy) is 2. The average molecular weight is 782 g/mol. The topological polar surface area (TPSA) is 172 Å². The monoisotopic (exact) mass is 781 g/mol. The molecular weight excluding hydrogens is 709 g/mol. The lowest BCUT2D eigenvalue weighted by molar-refractivity contribution is -0.161. The minimum absolute atomic E-state index is 0.137. The van der Waals surface area contributed by atoms with Crippen LogP contribution in [-0.2, 0) is 37.5 Å². The van der Waals surface area contributed by atoms with Crippen molar-refractivity contribution < 1.29 is 47.5 Å². The molecule has 12 heteroatoms. The largest absolute Gasteiger partial charge is 0.480 e. The van der Waals surface area contributed by atoms with Gasteiger partial charge in [0, 0.05) is 12.8 Å². The van der Waals surface area contributed by atoms with Crippen molar-refractivity contribution in [3.8, 4) is 0 Å². The quantitative estimate of drug-likeness (QED) is 0.0180. The summed E-state index contributed by atoms with van der Waals surface area (Å²) in [4.78, 5) is 45.8. The van der Waals surface area contributed by atoms with Gasteiger partial charge in [0.05, 0.1) is 13.2 Å². The van der Waals surface area contributed by atoms with Gasteiger partial charge in [-0.25, -0.2) is 4.57 Å². The molecule has 0 bridgehead atoms. The average Bonchev–Trinajstić information content (AvgIpc) is 3.14. The predicted molar refractivity (Wildman–Crippen MR) is 217 cm³/mol. The van der Waals surface area contributed by atoms with Crippen LogP contribution in [0.2, 0.25) is 0 Å². The maximum atomic E-state index is 12.6. The number of nitrogens with two attached hydrogens (primary N) is 1. The van der Waals surface area contributed by atoms with Crippen LogP contribution < -0.4 is 5.73 Å². The van der Waals surface area contributed by atoms with Gasteiger partial charge in [0.25, 0.3) is 0 Å². The molecule has 11 nitrogen and oxygen atoms in total. The molecule has 0 aliphatic rings. The Bertz CT molecular complexity index is 1150. The van der Waals surface area contributed by atoms with E-state index in [1.807, 2.05) is 0 Å². The summed E-state index contributed by atoms with van der Waals surface area (Å²) in [5, 5.41) is 8.87. The molecule has 0 aromatic carbocycles. The van der Waals surface area contributed by atoms with Crippen molar-refractivity contribution in [1.29, 1.82) is 0 Å². The molecule has 0 radical (unpaired) electrons. The van der Waals surface area contributed by atoms with Gasteiger partial charge in [-0.05, 0) is 70.6 Å². The number of phosphoric acid groups is 1. The normalized spacial score (nSPS) is 14.4. The lowest BCUT2D eigenvalue weighted by Gasteiger charge is -2.20. The highest BCUT2D eigenvalue weighted by molar-refractivity contribution is 7.47. The number of carboxylic acids is 1. The zero-order valence-corrected chi connectivity index (χ0v) is 34.2. The third kappa shape index (κ3) is 36.2. The maximum absolute atomic E-state index is 12.6. The third-order valence-electron chi connectivity index (χ3n) is 8.28. The summed E-state index contributed by atoms with van der Waals surface area (Å²) in [5.74, 6) is -2.43. The second-order valence-electron chi connectivity index (χ2n) is 13.4. The van der Waals surface area contributed by atoms with Gasteiger partial charge in [-0.2, -0.15) is 0 Å². The molecule has 0 aliphatic heterocycles. The summed E-state index contributed by atoms with van der Waals surface area (Å²) in [6.45, 7) is 2.62. The summed E-state index contributed by atoms with van der Waals surface area (Å²) in [5.41, 5.74) is 5.32. The van der Waals surface area contributed by atoms with Crippen molar-refractivity contribution in [3.05, 3.63) is 60.8 Å². The SMILES string of the molecule is CC/C=C/C/C=C/C/C=C/CCCCCCCC(=O)OC[C@H](COP(=O)(O)OC[C@H](N)C(=O)O)OC(=O)CCCCCCC/C=C/C=C/CCCCCC. The molecule has 54 heavy (non-hydrogen) atoms. The number of rotatable bonds is 37. The van der Waals surface area contributed by atoms with Crippen molar-refractivity contribution in [2.24, 2.45) is 5.73 Å². The Morgan fingerprint density at radius 3 is 1.67 bits per heavy atom. The predicted octanol–water partition coefficient (Wildman–Crippen LogP) is 10.4. The molecule has 0 spiro atoms. The first-order valence-corrected chi connectivity index (χ1v) is 21.8. The van der Waals surface area contributed by atoms with Crippen molar-refractivity contribution in [2.75, 3.05) is 19.8 Å². The number of unbranched alkanes of at least 4 members (excludes halogenated alkanes) is 14. The van der Waals surface area contributed by atoms with Gasteiger partial charge in [-0.15, -0.1) is 0 Å². The Hall–Kier alpha value is -2.82. The molecule has 0 aromatic rings. The Morgan fingerprint density at radius 1 is 0.611 bits per heavy atom. The molecule has 0 saturated carbocycles. The fraction of sp³-hybridized carbons (Fsp3) is 0.690. The van der Waals surface area contributed by atoms with Crippen molar-refractivity contribution in [2.45, 2.75) is 167 Å². The number of esters is 2. The van der Waals surface area contributed by atoms with E-state index in [-0.39, 0.29) is 19.4 Å². The van der Waals surface area contributed by atoms with E-state index >= 15 is 0 Å². The van der Waals surface area contributed by atoms with Gasteiger partial charge in [-0.1, -0.05) is 132 Å². The summed E-state index contributed by atoms with van der Waals surface area (Å²) >= 11 is 0. The fourth-order valence-electron chi connectivity index (χ4n) is 5.07. The number of carboxylic acid groups (broad SMARTS) is 1. The summed E-state index contributed by atoms with van der Waals surface area (Å²) in [6.07, 6.45) is 41.4. The molecule has 3 atom stereocenters. The van der Waals surface area contributed by atoms with E-state index in [0.717, 1.165) is 89.9 Å². The first kappa shape index (κ1) is 51.2. The van der Waals surface area contributed by atoms with Crippen LogP contribution in [0.1, 0.15) is 155 Å². The number of carbonyl (C=O) groups excluding carboxylic acids is 2. The Labute approximate surface area is 326 Å². The third-order valence-corrected chi connectivity index (χ3v) is 9.23. The fourth-order valence-corrected chi connectivity index (χ4v) is 5.85. The van der Waals surface area contributed by atoms with Crippen molar-refractivity contribution >= 4 is 25.7 Å². The van der Waals surface area contributed by atoms with E-state index in [0.29, 0.717) is 12.8 Å². The van der Waals surface area contributed by atoms with Crippen LogP contribution in [0.4, 0.5) is 0 Å². The zero-order valence-electron chi connectivity index (χ0n) is 33.3. The van der Waals surface area contributed by atoms with Gasteiger partial charge in [0.15, 0.2) is 6.10 Å². The number of allylic oxidation sites excluding steroid dienone is 10. The van der Waals surface area contributed by atoms with Gasteiger partial charge in [0.2, 0.25) is 0 Å². The molecule has 1 unspecified atom stereocenters. The maximum Gasteiger partial charge on any atom is 0.472 e. The lowest BCUT2D eigenvalue weighted by Crippen LogP contribution is -2.34. The number of aliphatic carboxylic acids is 1. The second-order valence-corrected chi connectivity index (χ2v) is 14.9. The van der Waals surface area contributed by atoms with E-state index in [2.05, 4.69) is 79.1 Å². The van der Waals surface area contributed by atoms with Gasteiger partial charge >= 0.3 is 25.7 Å². The standard InChI is InChI=1S/C42H72NO10P/c1-3-5-7-9-11-13-15-17-19-21-23-25-27-29-31-33-40(44)50-35-38(36-51-54(48,49)52-37-39(43)42(46)47)53-41(45)34-32-30-28-26-24-22-20-18-16-14-12-10-8-6-4-2/h5,7,11,13-14,16-20,38-39H,3-4,6,8-10,12,15,21-37,43H2,1-2H3,(H,46,47)(H,48,49)/b7-5+,13-11+,16-14+,19-17+,20-18+/t38-,39+/m1/s1. The van der Waals surface area contributed by atoms with Gasteiger partial charge < -0.3 is 25.2 Å². The van der Waals surface area contributed by atoms with Crippen LogP contribution >= 0.6 is 7.82 Å².